The molecule has 7 heteroatoms. The molecule has 3 rings (SSSR count). The maximum Gasteiger partial charge on any atom is 0.234 e. The lowest BCUT2D eigenvalue weighted by atomic mass is 10.1. The topological polar surface area (TPSA) is 77.0 Å². The van der Waals surface area contributed by atoms with Crippen LogP contribution in [0.5, 0.6) is 5.75 Å². The predicted molar refractivity (Wildman–Crippen MR) is 102 cm³/mol. The second-order valence-corrected chi connectivity index (χ2v) is 6.43. The molecule has 0 saturated carbocycles. The molecule has 1 amide bonds. The zero-order valence-corrected chi connectivity index (χ0v) is 15.3. The summed E-state index contributed by atoms with van der Waals surface area (Å²) in [5.74, 6) is 0.890. The molecule has 0 fully saturated rings. The monoisotopic (exact) mass is 366 g/mol. The predicted octanol–water partition coefficient (Wildman–Crippen LogP) is 3.59. The van der Waals surface area contributed by atoms with Crippen molar-refractivity contribution in [2.75, 3.05) is 18.2 Å². The Labute approximate surface area is 156 Å². The van der Waals surface area contributed by atoms with E-state index < -0.39 is 0 Å². The molecule has 0 aliphatic rings. The highest BCUT2D eigenvalue weighted by Gasteiger charge is 2.09. The fraction of sp³-hybridized carbons (Fsp3) is 0.158. The largest absolute Gasteiger partial charge is 0.497 e. The standard InChI is InChI=1S/C19H18N4O2S/c1-13-10-17(14-5-7-16(25-2)8-6-14)23-19(21-13)26-12-18(24)22-15-4-3-9-20-11-15/h3-11H,12H2,1-2H3,(H,22,24). The summed E-state index contributed by atoms with van der Waals surface area (Å²) < 4.78 is 5.18. The van der Waals surface area contributed by atoms with Crippen molar-refractivity contribution in [2.24, 2.45) is 0 Å². The van der Waals surface area contributed by atoms with Crippen LogP contribution >= 0.6 is 11.8 Å². The first-order chi connectivity index (χ1) is 12.6. The van der Waals surface area contributed by atoms with Crippen LogP contribution in [0.1, 0.15) is 5.69 Å². The number of rotatable bonds is 6. The number of pyridine rings is 1. The van der Waals surface area contributed by atoms with Crippen LogP contribution in [-0.4, -0.2) is 33.7 Å². The first kappa shape index (κ1) is 17.9. The summed E-state index contributed by atoms with van der Waals surface area (Å²) in [6, 6.07) is 13.2. The van der Waals surface area contributed by atoms with Crippen LogP contribution in [0.4, 0.5) is 5.69 Å². The Morgan fingerprint density at radius 2 is 2.00 bits per heavy atom. The van der Waals surface area contributed by atoms with Crippen LogP contribution in [0.15, 0.2) is 60.0 Å². The van der Waals surface area contributed by atoms with Gasteiger partial charge in [-0.05, 0) is 49.4 Å². The average Bonchev–Trinajstić information content (AvgIpc) is 2.67. The number of benzene rings is 1. The molecular weight excluding hydrogens is 348 g/mol. The van der Waals surface area contributed by atoms with Crippen molar-refractivity contribution in [1.82, 2.24) is 15.0 Å². The molecule has 0 aliphatic carbocycles. The third-order valence-corrected chi connectivity index (χ3v) is 4.34. The van der Waals surface area contributed by atoms with Gasteiger partial charge in [0.1, 0.15) is 5.75 Å². The number of carbonyl (C=O) groups excluding carboxylic acids is 1. The third-order valence-electron chi connectivity index (χ3n) is 3.50. The van der Waals surface area contributed by atoms with Gasteiger partial charge in [-0.15, -0.1) is 0 Å². The Bertz CT molecular complexity index is 886. The molecule has 0 spiro atoms. The summed E-state index contributed by atoms with van der Waals surface area (Å²) in [4.78, 5) is 25.0. The number of ether oxygens (including phenoxy) is 1. The molecule has 0 aliphatic heterocycles. The van der Waals surface area contributed by atoms with Crippen molar-refractivity contribution in [1.29, 1.82) is 0 Å². The highest BCUT2D eigenvalue weighted by Crippen LogP contribution is 2.24. The molecule has 1 aromatic carbocycles. The van der Waals surface area contributed by atoms with Crippen LogP contribution in [0.25, 0.3) is 11.3 Å². The minimum atomic E-state index is -0.126. The second kappa shape index (κ2) is 8.44. The van der Waals surface area contributed by atoms with Crippen LogP contribution in [0.3, 0.4) is 0 Å². The number of hydrogen-bond donors (Lipinski definition) is 1. The van der Waals surface area contributed by atoms with Gasteiger partial charge in [-0.3, -0.25) is 9.78 Å². The minimum absolute atomic E-state index is 0.126. The number of anilines is 1. The molecule has 1 N–H and O–H groups in total. The maximum absolute atomic E-state index is 12.1. The number of hydrogen-bond acceptors (Lipinski definition) is 6. The van der Waals surface area contributed by atoms with E-state index >= 15 is 0 Å². The van der Waals surface area contributed by atoms with Crippen LogP contribution in [-0.2, 0) is 4.79 Å². The molecule has 132 valence electrons. The number of nitrogens with one attached hydrogen (secondary N) is 1. The smallest absolute Gasteiger partial charge is 0.234 e. The quantitative estimate of drug-likeness (QED) is 0.531. The van der Waals surface area contributed by atoms with Gasteiger partial charge < -0.3 is 10.1 Å². The molecule has 0 radical (unpaired) electrons. The zero-order valence-electron chi connectivity index (χ0n) is 14.5. The highest BCUT2D eigenvalue weighted by atomic mass is 32.2. The molecular formula is C19H18N4O2S. The molecule has 0 saturated heterocycles. The molecule has 3 aromatic rings. The van der Waals surface area contributed by atoms with E-state index in [9.17, 15) is 4.79 Å². The van der Waals surface area contributed by atoms with Gasteiger partial charge in [0.05, 0.1) is 30.4 Å². The van der Waals surface area contributed by atoms with Gasteiger partial charge in [0.15, 0.2) is 5.16 Å². The Balaban J connectivity index is 1.68. The maximum atomic E-state index is 12.1. The van der Waals surface area contributed by atoms with Gasteiger partial charge in [-0.25, -0.2) is 9.97 Å². The molecule has 2 aromatic heterocycles. The van der Waals surface area contributed by atoms with Gasteiger partial charge in [0.25, 0.3) is 0 Å². The van der Waals surface area contributed by atoms with Crippen LogP contribution in [0, 0.1) is 6.92 Å². The van der Waals surface area contributed by atoms with Gasteiger partial charge >= 0.3 is 0 Å². The van der Waals surface area contributed by atoms with E-state index in [4.69, 9.17) is 4.74 Å². The number of nitrogens with zero attached hydrogens (tertiary/aromatic N) is 3. The summed E-state index contributed by atoms with van der Waals surface area (Å²) >= 11 is 1.30. The molecule has 26 heavy (non-hydrogen) atoms. The molecule has 0 unspecified atom stereocenters. The van der Waals surface area contributed by atoms with Gasteiger partial charge in [-0.1, -0.05) is 11.8 Å². The van der Waals surface area contributed by atoms with Crippen molar-refractivity contribution >= 4 is 23.4 Å². The first-order valence-corrected chi connectivity index (χ1v) is 8.95. The van der Waals surface area contributed by atoms with Gasteiger partial charge in [0.2, 0.25) is 5.91 Å². The summed E-state index contributed by atoms with van der Waals surface area (Å²) in [5.41, 5.74) is 3.30. The van der Waals surface area contributed by atoms with E-state index in [1.165, 1.54) is 11.8 Å². The van der Waals surface area contributed by atoms with E-state index in [-0.39, 0.29) is 11.7 Å². The van der Waals surface area contributed by atoms with Crippen molar-refractivity contribution in [2.45, 2.75) is 12.1 Å². The summed E-state index contributed by atoms with van der Waals surface area (Å²) in [7, 11) is 1.63. The van der Waals surface area contributed by atoms with Gasteiger partial charge in [-0.2, -0.15) is 0 Å². The third kappa shape index (κ3) is 4.80. The molecule has 0 atom stereocenters. The number of aryl methyl sites for hydroxylation is 1. The van der Waals surface area contributed by atoms with Crippen molar-refractivity contribution < 1.29 is 9.53 Å². The molecule has 0 bridgehead atoms. The molecule has 2 heterocycles. The Morgan fingerprint density at radius 1 is 1.19 bits per heavy atom. The Kier molecular flexibility index (Phi) is 5.80. The first-order valence-electron chi connectivity index (χ1n) is 7.97. The van der Waals surface area contributed by atoms with Crippen LogP contribution < -0.4 is 10.1 Å². The number of carbonyl (C=O) groups is 1. The lowest BCUT2D eigenvalue weighted by Gasteiger charge is -2.07. The second-order valence-electron chi connectivity index (χ2n) is 5.48. The summed E-state index contributed by atoms with van der Waals surface area (Å²) in [5, 5.41) is 3.36. The van der Waals surface area contributed by atoms with E-state index in [2.05, 4.69) is 20.3 Å². The number of thioether (sulfide) groups is 1. The number of aromatic nitrogens is 3. The SMILES string of the molecule is COc1ccc(-c2cc(C)nc(SCC(=O)Nc3cccnc3)n2)cc1. The van der Waals surface area contributed by atoms with Crippen molar-refractivity contribution in [3.63, 3.8) is 0 Å². The summed E-state index contributed by atoms with van der Waals surface area (Å²) in [6.07, 6.45) is 3.26. The Morgan fingerprint density at radius 3 is 2.69 bits per heavy atom. The molecule has 6 nitrogen and oxygen atoms in total. The van der Waals surface area contributed by atoms with Crippen molar-refractivity contribution in [3.8, 4) is 17.0 Å². The van der Waals surface area contributed by atoms with Gasteiger partial charge in [0, 0.05) is 17.5 Å². The lowest BCUT2D eigenvalue weighted by molar-refractivity contribution is -0.113. The highest BCUT2D eigenvalue weighted by molar-refractivity contribution is 7.99. The van der Waals surface area contributed by atoms with E-state index in [0.29, 0.717) is 10.8 Å². The summed E-state index contributed by atoms with van der Waals surface area (Å²) in [6.45, 7) is 1.91. The number of methoxy groups -OCH3 is 1. The number of amides is 1. The van der Waals surface area contributed by atoms with E-state index in [1.807, 2.05) is 37.3 Å². The normalized spacial score (nSPS) is 10.4. The fourth-order valence-corrected chi connectivity index (χ4v) is 2.98. The Hall–Kier alpha value is -2.93. The minimum Gasteiger partial charge on any atom is -0.497 e. The van der Waals surface area contributed by atoms with E-state index in [0.717, 1.165) is 22.7 Å². The average molecular weight is 366 g/mol. The van der Waals surface area contributed by atoms with Crippen molar-refractivity contribution in [3.05, 3.63) is 60.6 Å². The zero-order chi connectivity index (χ0) is 18.4. The van der Waals surface area contributed by atoms with E-state index in [1.54, 1.807) is 31.6 Å². The van der Waals surface area contributed by atoms with Crippen LogP contribution in [0.2, 0.25) is 0 Å². The fourth-order valence-electron chi connectivity index (χ4n) is 2.28. The lowest BCUT2D eigenvalue weighted by Crippen LogP contribution is -2.14.